The first kappa shape index (κ1) is 29.4. The van der Waals surface area contributed by atoms with Crippen LogP contribution in [-0.2, 0) is 20.7 Å². The van der Waals surface area contributed by atoms with Crippen LogP contribution < -0.4 is 10.1 Å². The molecule has 6 atom stereocenters. The van der Waals surface area contributed by atoms with Crippen molar-refractivity contribution < 1.29 is 23.9 Å². The van der Waals surface area contributed by atoms with Crippen LogP contribution in [0.2, 0.25) is 0 Å². The topological polar surface area (TPSA) is 102 Å². The lowest BCUT2D eigenvalue weighted by Crippen LogP contribution is -2.57. The maximum atomic E-state index is 14.2. The lowest BCUT2D eigenvalue weighted by molar-refractivity contribution is -0.141. The molecule has 41 heavy (non-hydrogen) atoms. The molecule has 2 aliphatic heterocycles. The van der Waals surface area contributed by atoms with Crippen LogP contribution in [0.5, 0.6) is 5.75 Å². The van der Waals surface area contributed by atoms with E-state index in [1.165, 1.54) is 6.92 Å². The molecule has 1 aliphatic carbocycles. The van der Waals surface area contributed by atoms with Crippen molar-refractivity contribution in [3.8, 4) is 5.75 Å². The Bertz CT molecular complexity index is 1300. The molecule has 1 N–H and O–H groups in total. The summed E-state index contributed by atoms with van der Waals surface area (Å²) in [5.74, 6) is 0.442. The summed E-state index contributed by atoms with van der Waals surface area (Å²) < 4.78 is 14.8. The molecule has 1 saturated carbocycles. The van der Waals surface area contributed by atoms with Gasteiger partial charge in [-0.1, -0.05) is 40.5 Å². The molecule has 2 aromatic heterocycles. The van der Waals surface area contributed by atoms with Gasteiger partial charge < -0.3 is 24.1 Å². The summed E-state index contributed by atoms with van der Waals surface area (Å²) in [5.41, 5.74) is 0.740. The molecule has 5 rings (SSSR count). The number of alkyl carbamates (subject to hydrolysis) is 1. The Morgan fingerprint density at radius 3 is 2.63 bits per heavy atom. The monoisotopic (exact) mass is 566 g/mol. The summed E-state index contributed by atoms with van der Waals surface area (Å²) in [7, 11) is 0. The lowest BCUT2D eigenvalue weighted by atomic mass is 9.85. The summed E-state index contributed by atoms with van der Waals surface area (Å²) in [4.78, 5) is 46.5. The first-order chi connectivity index (χ1) is 19.4. The van der Waals surface area contributed by atoms with Crippen molar-refractivity contribution in [2.75, 3.05) is 6.54 Å². The van der Waals surface area contributed by atoms with E-state index in [1.807, 2.05) is 51.3 Å². The van der Waals surface area contributed by atoms with Crippen LogP contribution in [0.4, 0.5) is 4.79 Å². The number of amides is 2. The van der Waals surface area contributed by atoms with Crippen LogP contribution in [-0.4, -0.2) is 62.4 Å². The molecule has 0 spiro atoms. The highest BCUT2D eigenvalue weighted by Gasteiger charge is 2.49. The fourth-order valence-corrected chi connectivity index (χ4v) is 7.22. The molecule has 0 radical (unpaired) electrons. The highest BCUT2D eigenvalue weighted by atomic mass is 16.6. The van der Waals surface area contributed by atoms with Crippen molar-refractivity contribution in [1.29, 1.82) is 0 Å². The Kier molecular flexibility index (Phi) is 8.09. The first-order valence-corrected chi connectivity index (χ1v) is 15.3. The summed E-state index contributed by atoms with van der Waals surface area (Å²) in [6.45, 7) is 11.6. The van der Waals surface area contributed by atoms with E-state index in [0.717, 1.165) is 68.3 Å². The van der Waals surface area contributed by atoms with E-state index in [4.69, 9.17) is 9.47 Å². The number of ether oxygens (including phenoxy) is 2. The number of aromatic nitrogens is 2. The van der Waals surface area contributed by atoms with Crippen LogP contribution in [0.15, 0.2) is 24.7 Å². The molecule has 2 amide bonds. The van der Waals surface area contributed by atoms with Crippen molar-refractivity contribution in [1.82, 2.24) is 19.6 Å². The molecule has 1 saturated heterocycles. The van der Waals surface area contributed by atoms with Gasteiger partial charge in [0.15, 0.2) is 5.78 Å². The van der Waals surface area contributed by atoms with Gasteiger partial charge >= 0.3 is 6.09 Å². The van der Waals surface area contributed by atoms with E-state index in [0.29, 0.717) is 5.92 Å². The van der Waals surface area contributed by atoms with Gasteiger partial charge in [-0.3, -0.25) is 9.59 Å². The highest BCUT2D eigenvalue weighted by molar-refractivity contribution is 5.92. The van der Waals surface area contributed by atoms with E-state index in [2.05, 4.69) is 16.5 Å². The average Bonchev–Trinajstić information content (AvgIpc) is 3.58. The smallest absolute Gasteiger partial charge is 0.408 e. The fourth-order valence-electron chi connectivity index (χ4n) is 7.22. The molecule has 2 fully saturated rings. The van der Waals surface area contributed by atoms with Crippen molar-refractivity contribution in [3.63, 3.8) is 0 Å². The van der Waals surface area contributed by atoms with E-state index in [-0.39, 0.29) is 30.3 Å². The molecule has 9 nitrogen and oxygen atoms in total. The number of ketones is 1. The number of carbonyl (C=O) groups excluding carboxylic acids is 3. The van der Waals surface area contributed by atoms with Gasteiger partial charge in [-0.25, -0.2) is 9.78 Å². The summed E-state index contributed by atoms with van der Waals surface area (Å²) in [6.07, 6.45) is 12.7. The number of aryl methyl sites for hydroxylation is 1. The number of imidazole rings is 1. The number of nitrogens with zero attached hydrogens (tertiary/aromatic N) is 3. The zero-order chi connectivity index (χ0) is 29.5. The minimum absolute atomic E-state index is 0.0941. The second kappa shape index (κ2) is 11.3. The Balaban J connectivity index is 1.51. The highest BCUT2D eigenvalue weighted by Crippen LogP contribution is 2.42. The van der Waals surface area contributed by atoms with E-state index in [1.54, 1.807) is 11.1 Å². The molecule has 3 aliphatic rings. The third-order valence-electron chi connectivity index (χ3n) is 9.63. The van der Waals surface area contributed by atoms with Gasteiger partial charge in [-0.2, -0.15) is 0 Å². The normalized spacial score (nSPS) is 31.9. The van der Waals surface area contributed by atoms with Crippen LogP contribution in [0.1, 0.15) is 92.1 Å². The van der Waals surface area contributed by atoms with Gasteiger partial charge in [0.25, 0.3) is 0 Å². The summed E-state index contributed by atoms with van der Waals surface area (Å²) in [5, 5.41) is 2.92. The van der Waals surface area contributed by atoms with E-state index in [9.17, 15) is 14.4 Å². The zero-order valence-electron chi connectivity index (χ0n) is 25.4. The van der Waals surface area contributed by atoms with E-state index >= 15 is 0 Å². The number of fused-ring (bicyclic) bond motifs is 5. The van der Waals surface area contributed by atoms with Crippen molar-refractivity contribution in [3.05, 3.63) is 30.2 Å². The second-order valence-electron chi connectivity index (χ2n) is 13.8. The van der Waals surface area contributed by atoms with Gasteiger partial charge in [-0.05, 0) is 63.7 Å². The third kappa shape index (κ3) is 5.95. The predicted molar refractivity (Wildman–Crippen MR) is 156 cm³/mol. The number of pyridine rings is 1. The average molecular weight is 567 g/mol. The Morgan fingerprint density at radius 1 is 1.15 bits per heavy atom. The number of hydrogen-bond donors (Lipinski definition) is 1. The number of carbonyl (C=O) groups is 3. The number of Topliss-reactive ketones (excluding diaryl/α,β-unsaturated/α-hetero) is 1. The minimum atomic E-state index is -0.859. The molecule has 4 heterocycles. The van der Waals surface area contributed by atoms with Crippen molar-refractivity contribution in [2.24, 2.45) is 17.3 Å². The van der Waals surface area contributed by atoms with Gasteiger partial charge in [0.2, 0.25) is 5.91 Å². The van der Waals surface area contributed by atoms with Crippen LogP contribution in [0, 0.1) is 17.3 Å². The Hall–Kier alpha value is -3.10. The summed E-state index contributed by atoms with van der Waals surface area (Å²) >= 11 is 0. The molecule has 2 bridgehead atoms. The third-order valence-corrected chi connectivity index (χ3v) is 9.63. The Labute approximate surface area is 243 Å². The molecule has 0 unspecified atom stereocenters. The maximum Gasteiger partial charge on any atom is 0.408 e. The first-order valence-electron chi connectivity index (χ1n) is 15.3. The minimum Gasteiger partial charge on any atom is -0.488 e. The van der Waals surface area contributed by atoms with Gasteiger partial charge in [-0.15, -0.1) is 0 Å². The predicted octanol–water partition coefficient (Wildman–Crippen LogP) is 5.33. The number of nitrogens with one attached hydrogen (secondary N) is 1. The van der Waals surface area contributed by atoms with Crippen LogP contribution >= 0.6 is 0 Å². The molecular formula is C32H46N4O5. The van der Waals surface area contributed by atoms with E-state index < -0.39 is 29.2 Å². The SMILES string of the molecule is CC(=O)[C@@H]1[C@H](C)[C@@H]2CN1C(=O)[C@H](C(C)(C)C)NC(=O)O[C@]1(C)CCC[C@H]1CCCCCc1cn3ccnc3cc1O2. The molecule has 2 aromatic rings. The van der Waals surface area contributed by atoms with Crippen LogP contribution in [0.25, 0.3) is 5.65 Å². The fraction of sp³-hybridized carbons (Fsp3) is 0.688. The number of hydrogen-bond acceptors (Lipinski definition) is 6. The van der Waals surface area contributed by atoms with Crippen molar-refractivity contribution >= 4 is 23.4 Å². The zero-order valence-corrected chi connectivity index (χ0v) is 25.4. The molecule has 9 heteroatoms. The maximum absolute atomic E-state index is 14.2. The molecular weight excluding hydrogens is 520 g/mol. The quantitative estimate of drug-likeness (QED) is 0.500. The number of rotatable bonds is 1. The standard InChI is InChI=1S/C32H46N4O5/c1-20-25-19-36(27(20)21(2)37)29(38)28(31(3,4)5)34-30(39)41-32(6)14-10-13-23(32)12-9-7-8-11-22-18-35-16-15-33-26(35)17-24(22)40-25/h15-18,20,23,25,27-28H,7-14,19H2,1-6H3,(H,34,39)/t20-,23-,25+,27+,28-,32-/m1/s1. The van der Waals surface area contributed by atoms with Gasteiger partial charge in [0, 0.05) is 36.1 Å². The lowest BCUT2D eigenvalue weighted by Gasteiger charge is -2.37. The van der Waals surface area contributed by atoms with Crippen molar-refractivity contribution in [2.45, 2.75) is 117 Å². The largest absolute Gasteiger partial charge is 0.488 e. The van der Waals surface area contributed by atoms with Gasteiger partial charge in [0.05, 0.1) is 12.6 Å². The van der Waals surface area contributed by atoms with Crippen LogP contribution in [0.3, 0.4) is 0 Å². The second-order valence-corrected chi connectivity index (χ2v) is 13.8. The Morgan fingerprint density at radius 2 is 1.90 bits per heavy atom. The molecule has 224 valence electrons. The summed E-state index contributed by atoms with van der Waals surface area (Å²) in [6, 6.07) is 0.460. The molecule has 0 aromatic carbocycles. The van der Waals surface area contributed by atoms with Gasteiger partial charge in [0.1, 0.15) is 29.1 Å².